The third-order valence-electron chi connectivity index (χ3n) is 4.05. The highest BCUT2D eigenvalue weighted by atomic mass is 16.2. The number of imidazole rings is 1. The van der Waals surface area contributed by atoms with Gasteiger partial charge in [-0.1, -0.05) is 0 Å². The zero-order valence-corrected chi connectivity index (χ0v) is 12.6. The first kappa shape index (κ1) is 13.9. The van der Waals surface area contributed by atoms with Crippen LogP contribution in [0.1, 0.15) is 6.92 Å². The van der Waals surface area contributed by atoms with Crippen molar-refractivity contribution in [2.75, 3.05) is 31.1 Å². The predicted octanol–water partition coefficient (Wildman–Crippen LogP) is -1.14. The summed E-state index contributed by atoms with van der Waals surface area (Å²) in [6, 6.07) is 0. The Kier molecular flexibility index (Phi) is 3.32. The van der Waals surface area contributed by atoms with E-state index in [9.17, 15) is 9.59 Å². The second-order valence-corrected chi connectivity index (χ2v) is 5.27. The van der Waals surface area contributed by atoms with Gasteiger partial charge in [-0.25, -0.2) is 4.79 Å². The number of hydrogen-bond donors (Lipinski definition) is 1. The Morgan fingerprint density at radius 1 is 1.14 bits per heavy atom. The summed E-state index contributed by atoms with van der Waals surface area (Å²) in [7, 11) is 3.49. The Balaban J connectivity index is 2.29. The van der Waals surface area contributed by atoms with Gasteiger partial charge in [0.2, 0.25) is 5.95 Å². The van der Waals surface area contributed by atoms with Gasteiger partial charge in [-0.15, -0.1) is 0 Å². The molecule has 0 aliphatic carbocycles. The van der Waals surface area contributed by atoms with Crippen LogP contribution in [0.4, 0.5) is 5.95 Å². The Morgan fingerprint density at radius 2 is 1.81 bits per heavy atom. The fourth-order valence-electron chi connectivity index (χ4n) is 2.86. The van der Waals surface area contributed by atoms with Gasteiger partial charge in [-0.05, 0) is 6.92 Å². The van der Waals surface area contributed by atoms with Crippen molar-refractivity contribution in [2.45, 2.75) is 13.5 Å². The lowest BCUT2D eigenvalue weighted by Gasteiger charge is -2.28. The fourth-order valence-corrected chi connectivity index (χ4v) is 2.86. The van der Waals surface area contributed by atoms with Crippen molar-refractivity contribution < 1.29 is 0 Å². The van der Waals surface area contributed by atoms with Crippen molar-refractivity contribution in [1.82, 2.24) is 24.0 Å². The summed E-state index contributed by atoms with van der Waals surface area (Å²) in [5.74, 6) is 0.743. The van der Waals surface area contributed by atoms with E-state index in [0.717, 1.165) is 32.1 Å². The van der Waals surface area contributed by atoms with Crippen LogP contribution >= 0.6 is 0 Å². The Hall–Kier alpha value is -2.09. The second-order valence-electron chi connectivity index (χ2n) is 5.27. The molecule has 0 aromatic carbocycles. The van der Waals surface area contributed by atoms with E-state index in [-0.39, 0.29) is 11.2 Å². The molecule has 0 bridgehead atoms. The zero-order valence-electron chi connectivity index (χ0n) is 12.6. The standard InChI is InChI=1S/C13H20N6O2/c1-4-19-11(20)9-10(17(3)13(19)21)15-12(16(9)2)18-7-5-14-6-8-18/h14H,4-8H2,1-3H3. The second kappa shape index (κ2) is 5.03. The first-order chi connectivity index (χ1) is 10.1. The monoisotopic (exact) mass is 292 g/mol. The average Bonchev–Trinajstić information content (AvgIpc) is 2.84. The van der Waals surface area contributed by atoms with Crippen LogP contribution in [0.25, 0.3) is 11.2 Å². The molecule has 0 saturated carbocycles. The maximum absolute atomic E-state index is 12.5. The molecule has 3 heterocycles. The highest BCUT2D eigenvalue weighted by Gasteiger charge is 2.22. The van der Waals surface area contributed by atoms with E-state index in [1.807, 2.05) is 7.05 Å². The lowest BCUT2D eigenvalue weighted by atomic mass is 10.4. The Labute approximate surface area is 121 Å². The summed E-state index contributed by atoms with van der Waals surface area (Å²) in [5.41, 5.74) is 0.338. The smallest absolute Gasteiger partial charge is 0.332 e. The zero-order chi connectivity index (χ0) is 15.1. The summed E-state index contributed by atoms with van der Waals surface area (Å²) in [5, 5.41) is 3.29. The van der Waals surface area contributed by atoms with Crippen LogP contribution in [0, 0.1) is 0 Å². The molecule has 8 heteroatoms. The number of nitrogens with one attached hydrogen (secondary N) is 1. The highest BCUT2D eigenvalue weighted by Crippen LogP contribution is 2.17. The summed E-state index contributed by atoms with van der Waals surface area (Å²) in [6.07, 6.45) is 0. The molecule has 2 aromatic rings. The van der Waals surface area contributed by atoms with Gasteiger partial charge < -0.3 is 14.8 Å². The van der Waals surface area contributed by atoms with Gasteiger partial charge >= 0.3 is 5.69 Å². The average molecular weight is 292 g/mol. The first-order valence-electron chi connectivity index (χ1n) is 7.18. The third kappa shape index (κ3) is 1.98. The maximum Gasteiger partial charge on any atom is 0.332 e. The van der Waals surface area contributed by atoms with Crippen LogP contribution in [0.2, 0.25) is 0 Å². The molecule has 0 atom stereocenters. The van der Waals surface area contributed by atoms with Crippen LogP contribution in [0.15, 0.2) is 9.59 Å². The lowest BCUT2D eigenvalue weighted by molar-refractivity contribution is 0.575. The quantitative estimate of drug-likeness (QED) is 0.757. The summed E-state index contributed by atoms with van der Waals surface area (Å²) < 4.78 is 4.49. The molecule has 0 spiro atoms. The van der Waals surface area contributed by atoms with Gasteiger partial charge in [0.05, 0.1) is 0 Å². The van der Waals surface area contributed by atoms with Gasteiger partial charge in [0.15, 0.2) is 11.2 Å². The summed E-state index contributed by atoms with van der Waals surface area (Å²) in [6.45, 7) is 5.61. The van der Waals surface area contributed by atoms with E-state index in [1.165, 1.54) is 9.13 Å². The van der Waals surface area contributed by atoms with Crippen LogP contribution < -0.4 is 21.5 Å². The molecule has 8 nitrogen and oxygen atoms in total. The number of nitrogens with zero attached hydrogens (tertiary/aromatic N) is 5. The van der Waals surface area contributed by atoms with Crippen LogP contribution in [0.5, 0.6) is 0 Å². The Bertz CT molecular complexity index is 794. The molecule has 0 amide bonds. The number of aromatic nitrogens is 4. The van der Waals surface area contributed by atoms with Crippen molar-refractivity contribution in [2.24, 2.45) is 14.1 Å². The minimum Gasteiger partial charge on any atom is -0.340 e. The van der Waals surface area contributed by atoms with Crippen LogP contribution in [-0.2, 0) is 20.6 Å². The summed E-state index contributed by atoms with van der Waals surface area (Å²) in [4.78, 5) is 31.4. The lowest BCUT2D eigenvalue weighted by Crippen LogP contribution is -2.44. The largest absolute Gasteiger partial charge is 0.340 e. The van der Waals surface area contributed by atoms with Crippen molar-refractivity contribution >= 4 is 17.1 Å². The van der Waals surface area contributed by atoms with E-state index in [2.05, 4.69) is 15.2 Å². The van der Waals surface area contributed by atoms with Crippen LogP contribution in [0.3, 0.4) is 0 Å². The SMILES string of the molecule is CCn1c(=O)c2c(nc(N3CCNCC3)n2C)n(C)c1=O. The summed E-state index contributed by atoms with van der Waals surface area (Å²) >= 11 is 0. The van der Waals surface area contributed by atoms with Gasteiger partial charge in [0.25, 0.3) is 5.56 Å². The van der Waals surface area contributed by atoms with Crippen molar-refractivity contribution in [3.8, 4) is 0 Å². The minimum absolute atomic E-state index is 0.271. The molecule has 114 valence electrons. The normalized spacial score (nSPS) is 15.9. The van der Waals surface area contributed by atoms with E-state index < -0.39 is 0 Å². The van der Waals surface area contributed by atoms with Crippen molar-refractivity contribution in [1.29, 1.82) is 0 Å². The molecule has 1 aliphatic heterocycles. The van der Waals surface area contributed by atoms with E-state index in [4.69, 9.17) is 0 Å². The number of piperazine rings is 1. The molecule has 2 aromatic heterocycles. The molecule has 0 unspecified atom stereocenters. The molecular formula is C13H20N6O2. The number of anilines is 1. The molecule has 1 saturated heterocycles. The minimum atomic E-state index is -0.319. The highest BCUT2D eigenvalue weighted by molar-refractivity contribution is 5.74. The molecule has 1 fully saturated rings. The predicted molar refractivity (Wildman–Crippen MR) is 81.0 cm³/mol. The van der Waals surface area contributed by atoms with Crippen LogP contribution in [-0.4, -0.2) is 44.9 Å². The third-order valence-corrected chi connectivity index (χ3v) is 4.05. The molecular weight excluding hydrogens is 272 g/mol. The molecule has 3 rings (SSSR count). The fraction of sp³-hybridized carbons (Fsp3) is 0.615. The van der Waals surface area contributed by atoms with Gasteiger partial charge in [0.1, 0.15) is 0 Å². The van der Waals surface area contributed by atoms with Crippen molar-refractivity contribution in [3.63, 3.8) is 0 Å². The molecule has 0 radical (unpaired) electrons. The van der Waals surface area contributed by atoms with E-state index in [1.54, 1.807) is 18.5 Å². The van der Waals surface area contributed by atoms with Gasteiger partial charge in [0, 0.05) is 46.8 Å². The van der Waals surface area contributed by atoms with E-state index in [0.29, 0.717) is 17.7 Å². The molecule has 1 aliphatic rings. The Morgan fingerprint density at radius 3 is 2.43 bits per heavy atom. The van der Waals surface area contributed by atoms with Gasteiger partial charge in [-0.3, -0.25) is 13.9 Å². The van der Waals surface area contributed by atoms with Gasteiger partial charge in [-0.2, -0.15) is 4.98 Å². The van der Waals surface area contributed by atoms with Crippen molar-refractivity contribution in [3.05, 3.63) is 20.8 Å². The maximum atomic E-state index is 12.5. The number of hydrogen-bond acceptors (Lipinski definition) is 5. The van der Waals surface area contributed by atoms with E-state index >= 15 is 0 Å². The topological polar surface area (TPSA) is 77.1 Å². The number of aryl methyl sites for hydroxylation is 2. The molecule has 21 heavy (non-hydrogen) atoms. The number of fused-ring (bicyclic) bond motifs is 1. The number of rotatable bonds is 2. The molecule has 1 N–H and O–H groups in total. The first-order valence-corrected chi connectivity index (χ1v) is 7.18.